The molecule has 1 saturated carbocycles. The van der Waals surface area contributed by atoms with Crippen LogP contribution in [0.1, 0.15) is 19.3 Å². The highest BCUT2D eigenvalue weighted by atomic mass is 15.1. The van der Waals surface area contributed by atoms with E-state index in [4.69, 9.17) is 0 Å². The Bertz CT molecular complexity index is 155. The molecule has 3 nitrogen and oxygen atoms in total. The van der Waals surface area contributed by atoms with Gasteiger partial charge in [0.1, 0.15) is 0 Å². The van der Waals surface area contributed by atoms with Crippen molar-refractivity contribution in [3.63, 3.8) is 0 Å². The molecule has 0 saturated heterocycles. The topological polar surface area (TPSA) is 18.5 Å². The van der Waals surface area contributed by atoms with E-state index in [0.29, 0.717) is 0 Å². The van der Waals surface area contributed by atoms with Crippen LogP contribution in [-0.2, 0) is 0 Å². The molecule has 90 valence electrons. The highest BCUT2D eigenvalue weighted by Crippen LogP contribution is 2.27. The fourth-order valence-electron chi connectivity index (χ4n) is 1.67. The number of nitrogens with zero attached hydrogens (tertiary/aromatic N) is 2. The third kappa shape index (κ3) is 7.77. The van der Waals surface area contributed by atoms with Gasteiger partial charge >= 0.3 is 0 Å². The average Bonchev–Trinajstić information content (AvgIpc) is 2.95. The highest BCUT2D eigenvalue weighted by molar-refractivity contribution is 4.75. The third-order valence-electron chi connectivity index (χ3n) is 2.95. The predicted octanol–water partition coefficient (Wildman–Crippen LogP) is 0.869. The summed E-state index contributed by atoms with van der Waals surface area (Å²) in [6, 6.07) is 0. The molecule has 1 aliphatic carbocycles. The van der Waals surface area contributed by atoms with E-state index in [1.54, 1.807) is 0 Å². The molecule has 0 radical (unpaired) electrons. The van der Waals surface area contributed by atoms with Crippen LogP contribution < -0.4 is 5.32 Å². The molecule has 0 amide bonds. The molecule has 3 heteroatoms. The minimum Gasteiger partial charge on any atom is -0.315 e. The maximum absolute atomic E-state index is 3.53. The minimum absolute atomic E-state index is 1.00. The summed E-state index contributed by atoms with van der Waals surface area (Å²) in [6.07, 6.45) is 4.17. The summed E-state index contributed by atoms with van der Waals surface area (Å²) in [7, 11) is 6.49. The summed E-state index contributed by atoms with van der Waals surface area (Å²) < 4.78 is 0. The zero-order valence-electron chi connectivity index (χ0n) is 10.6. The summed E-state index contributed by atoms with van der Waals surface area (Å²) in [5.41, 5.74) is 0. The molecule has 1 N–H and O–H groups in total. The molecule has 0 aromatic rings. The number of nitrogens with one attached hydrogen (secondary N) is 1. The van der Waals surface area contributed by atoms with E-state index in [0.717, 1.165) is 12.5 Å². The molecule has 0 unspecified atom stereocenters. The zero-order chi connectivity index (χ0) is 11.1. The van der Waals surface area contributed by atoms with Crippen LogP contribution in [0.25, 0.3) is 0 Å². The van der Waals surface area contributed by atoms with Gasteiger partial charge < -0.3 is 15.1 Å². The summed E-state index contributed by atoms with van der Waals surface area (Å²) in [4.78, 5) is 4.67. The van der Waals surface area contributed by atoms with Crippen molar-refractivity contribution < 1.29 is 0 Å². The second kappa shape index (κ2) is 7.20. The summed E-state index contributed by atoms with van der Waals surface area (Å²) in [5, 5.41) is 3.53. The Morgan fingerprint density at radius 1 is 1.07 bits per heavy atom. The van der Waals surface area contributed by atoms with E-state index in [9.17, 15) is 0 Å². The van der Waals surface area contributed by atoms with Crippen LogP contribution in [0, 0.1) is 5.92 Å². The molecular weight excluding hydrogens is 186 g/mol. The summed E-state index contributed by atoms with van der Waals surface area (Å²) in [5.74, 6) is 1.00. The van der Waals surface area contributed by atoms with Crippen LogP contribution in [0.4, 0.5) is 0 Å². The van der Waals surface area contributed by atoms with Crippen LogP contribution in [-0.4, -0.2) is 63.7 Å². The van der Waals surface area contributed by atoms with Crippen LogP contribution in [0.3, 0.4) is 0 Å². The first-order valence-corrected chi connectivity index (χ1v) is 6.22. The lowest BCUT2D eigenvalue weighted by Crippen LogP contribution is -2.31. The molecule has 0 aromatic heterocycles. The lowest BCUT2D eigenvalue weighted by molar-refractivity contribution is 0.299. The van der Waals surface area contributed by atoms with E-state index < -0.39 is 0 Å². The van der Waals surface area contributed by atoms with E-state index in [1.807, 2.05) is 0 Å². The smallest absolute Gasteiger partial charge is 0.0104 e. The Morgan fingerprint density at radius 3 is 2.40 bits per heavy atom. The minimum atomic E-state index is 1.00. The van der Waals surface area contributed by atoms with Crippen LogP contribution in [0.15, 0.2) is 0 Å². The standard InChI is InChI=1S/C12H27N3/c1-14(2)8-4-9-15(3)10-7-13-11-12-5-6-12/h12-13H,4-11H2,1-3H3. The normalized spacial score (nSPS) is 16.6. The van der Waals surface area contributed by atoms with Crippen molar-refractivity contribution in [2.75, 3.05) is 53.9 Å². The lowest BCUT2D eigenvalue weighted by atomic mass is 10.3. The number of likely N-dealkylation sites (N-methyl/N-ethyl adjacent to an activating group) is 1. The van der Waals surface area contributed by atoms with Gasteiger partial charge in [-0.1, -0.05) is 0 Å². The van der Waals surface area contributed by atoms with Gasteiger partial charge in [-0.15, -0.1) is 0 Å². The van der Waals surface area contributed by atoms with Crippen molar-refractivity contribution in [1.29, 1.82) is 0 Å². The van der Waals surface area contributed by atoms with Gasteiger partial charge in [0.2, 0.25) is 0 Å². The monoisotopic (exact) mass is 213 g/mol. The maximum atomic E-state index is 3.53. The van der Waals surface area contributed by atoms with Gasteiger partial charge in [-0.05, 0) is 66.0 Å². The molecule has 0 aromatic carbocycles. The Balaban J connectivity index is 1.81. The molecule has 0 atom stereocenters. The number of rotatable bonds is 9. The molecule has 1 aliphatic rings. The van der Waals surface area contributed by atoms with Crippen LogP contribution in [0.2, 0.25) is 0 Å². The van der Waals surface area contributed by atoms with Gasteiger partial charge in [0.25, 0.3) is 0 Å². The SMILES string of the molecule is CN(C)CCCN(C)CCNCC1CC1. The van der Waals surface area contributed by atoms with E-state index in [1.165, 1.54) is 45.4 Å². The number of hydrogen-bond donors (Lipinski definition) is 1. The molecular formula is C12H27N3. The average molecular weight is 213 g/mol. The Labute approximate surface area is 94.8 Å². The Morgan fingerprint density at radius 2 is 1.80 bits per heavy atom. The highest BCUT2D eigenvalue weighted by Gasteiger charge is 2.19. The van der Waals surface area contributed by atoms with E-state index in [-0.39, 0.29) is 0 Å². The van der Waals surface area contributed by atoms with Crippen LogP contribution in [0.5, 0.6) is 0 Å². The van der Waals surface area contributed by atoms with E-state index >= 15 is 0 Å². The van der Waals surface area contributed by atoms with Gasteiger partial charge in [-0.2, -0.15) is 0 Å². The van der Waals surface area contributed by atoms with Crippen molar-refractivity contribution >= 4 is 0 Å². The van der Waals surface area contributed by atoms with Gasteiger partial charge in [0, 0.05) is 13.1 Å². The first kappa shape index (κ1) is 12.9. The van der Waals surface area contributed by atoms with Crippen molar-refractivity contribution in [2.45, 2.75) is 19.3 Å². The first-order valence-electron chi connectivity index (χ1n) is 6.22. The van der Waals surface area contributed by atoms with Gasteiger partial charge in [0.15, 0.2) is 0 Å². The zero-order valence-corrected chi connectivity index (χ0v) is 10.6. The lowest BCUT2D eigenvalue weighted by Gasteiger charge is -2.18. The number of hydrogen-bond acceptors (Lipinski definition) is 3. The molecule has 1 fully saturated rings. The van der Waals surface area contributed by atoms with Gasteiger partial charge in [-0.25, -0.2) is 0 Å². The fourth-order valence-corrected chi connectivity index (χ4v) is 1.67. The second-order valence-corrected chi connectivity index (χ2v) is 5.11. The summed E-state index contributed by atoms with van der Waals surface area (Å²) >= 11 is 0. The largest absolute Gasteiger partial charge is 0.315 e. The first-order chi connectivity index (χ1) is 7.18. The molecule has 15 heavy (non-hydrogen) atoms. The van der Waals surface area contributed by atoms with Gasteiger partial charge in [-0.3, -0.25) is 0 Å². The molecule has 1 rings (SSSR count). The van der Waals surface area contributed by atoms with Crippen molar-refractivity contribution in [3.05, 3.63) is 0 Å². The molecule has 0 bridgehead atoms. The maximum Gasteiger partial charge on any atom is 0.0104 e. The molecule has 0 aliphatic heterocycles. The van der Waals surface area contributed by atoms with E-state index in [2.05, 4.69) is 36.3 Å². The summed E-state index contributed by atoms with van der Waals surface area (Å²) in [6.45, 7) is 5.98. The quantitative estimate of drug-likeness (QED) is 0.573. The third-order valence-corrected chi connectivity index (χ3v) is 2.95. The Hall–Kier alpha value is -0.120. The molecule has 0 spiro atoms. The second-order valence-electron chi connectivity index (χ2n) is 5.11. The van der Waals surface area contributed by atoms with Crippen molar-refractivity contribution in [2.24, 2.45) is 5.92 Å². The van der Waals surface area contributed by atoms with Crippen molar-refractivity contribution in [3.8, 4) is 0 Å². The fraction of sp³-hybridized carbons (Fsp3) is 1.00. The van der Waals surface area contributed by atoms with Crippen LogP contribution >= 0.6 is 0 Å². The van der Waals surface area contributed by atoms with Gasteiger partial charge in [0.05, 0.1) is 0 Å². The Kier molecular flexibility index (Phi) is 6.22. The molecule has 0 heterocycles. The predicted molar refractivity (Wildman–Crippen MR) is 66.3 cm³/mol. The van der Waals surface area contributed by atoms with Crippen molar-refractivity contribution in [1.82, 2.24) is 15.1 Å².